The molecule has 7 rings (SSSR count). The summed E-state index contributed by atoms with van der Waals surface area (Å²) >= 11 is 0. The van der Waals surface area contributed by atoms with Gasteiger partial charge in [0.05, 0.1) is 11.1 Å². The quantitative estimate of drug-likeness (QED) is 0.212. The Morgan fingerprint density at radius 2 is 0.925 bits per heavy atom. The molecule has 0 fully saturated rings. The van der Waals surface area contributed by atoms with Gasteiger partial charge in [0.25, 0.3) is 22.8 Å². The summed E-state index contributed by atoms with van der Waals surface area (Å²) in [6.07, 6.45) is -0.0429. The molecular formula is C37H34N3+3. The van der Waals surface area contributed by atoms with Gasteiger partial charge in [-0.05, 0) is 62.2 Å². The number of nitrogens with zero attached hydrogens (tertiary/aromatic N) is 3. The topological polar surface area (TPSA) is 9.90 Å². The van der Waals surface area contributed by atoms with Crippen LogP contribution in [0.1, 0.15) is 48.2 Å². The van der Waals surface area contributed by atoms with Gasteiger partial charge in [0, 0.05) is 37.1 Å². The van der Waals surface area contributed by atoms with Gasteiger partial charge in [-0.2, -0.15) is 0 Å². The lowest BCUT2D eigenvalue weighted by molar-refractivity contribution is -0.967. The highest BCUT2D eigenvalue weighted by atomic mass is 15.5. The zero-order valence-electron chi connectivity index (χ0n) is 23.8. The Hall–Kier alpha value is -4.63. The van der Waals surface area contributed by atoms with E-state index in [4.69, 9.17) is 0 Å². The van der Waals surface area contributed by atoms with Crippen LogP contribution in [0.3, 0.4) is 0 Å². The van der Waals surface area contributed by atoms with E-state index in [0.717, 1.165) is 0 Å². The van der Waals surface area contributed by atoms with E-state index in [2.05, 4.69) is 158 Å². The van der Waals surface area contributed by atoms with Crippen LogP contribution in [0.4, 0.5) is 11.4 Å². The SMILES string of the molecule is CC1=[N+](c2c(C)cc(C)cc2C)C2[N+](c3c(-c4ccccc4)cccc3-c3ccccc3)=C(C)c3cccc1[n+]32. The molecule has 5 aromatic rings. The molecule has 0 spiro atoms. The Kier molecular flexibility index (Phi) is 5.64. The number of aromatic nitrogens is 1. The van der Waals surface area contributed by atoms with Crippen LogP contribution in [0.25, 0.3) is 22.3 Å². The zero-order chi connectivity index (χ0) is 27.5. The lowest BCUT2D eigenvalue weighted by Gasteiger charge is -2.14. The van der Waals surface area contributed by atoms with Crippen molar-refractivity contribution in [2.75, 3.05) is 0 Å². The maximum absolute atomic E-state index is 2.58. The zero-order valence-corrected chi connectivity index (χ0v) is 23.8. The molecule has 3 nitrogen and oxygen atoms in total. The van der Waals surface area contributed by atoms with Gasteiger partial charge in [-0.1, -0.05) is 86.0 Å². The summed E-state index contributed by atoms with van der Waals surface area (Å²) < 4.78 is 7.68. The molecule has 40 heavy (non-hydrogen) atoms. The molecule has 2 aliphatic heterocycles. The third kappa shape index (κ3) is 3.54. The van der Waals surface area contributed by atoms with Crippen LogP contribution in [0, 0.1) is 20.8 Å². The van der Waals surface area contributed by atoms with Crippen molar-refractivity contribution >= 4 is 22.8 Å². The molecule has 1 unspecified atom stereocenters. The summed E-state index contributed by atoms with van der Waals surface area (Å²) in [5.41, 5.74) is 16.4. The molecule has 3 heteroatoms. The van der Waals surface area contributed by atoms with Gasteiger partial charge in [0.1, 0.15) is 0 Å². The van der Waals surface area contributed by atoms with E-state index in [1.54, 1.807) is 0 Å². The first kappa shape index (κ1) is 24.4. The van der Waals surface area contributed by atoms with Crippen LogP contribution in [0.2, 0.25) is 0 Å². The first-order valence-electron chi connectivity index (χ1n) is 14.1. The second-order valence-electron chi connectivity index (χ2n) is 11.1. The Balaban J connectivity index is 1.58. The Morgan fingerprint density at radius 1 is 0.475 bits per heavy atom. The molecule has 0 N–H and O–H groups in total. The molecule has 194 valence electrons. The van der Waals surface area contributed by atoms with E-state index in [1.807, 2.05) is 0 Å². The van der Waals surface area contributed by atoms with E-state index in [1.165, 1.54) is 73.1 Å². The van der Waals surface area contributed by atoms with Crippen LogP contribution >= 0.6 is 0 Å². The average molecular weight is 521 g/mol. The van der Waals surface area contributed by atoms with Crippen molar-refractivity contribution in [3.63, 3.8) is 0 Å². The summed E-state index contributed by atoms with van der Waals surface area (Å²) in [6.45, 7) is 11.2. The van der Waals surface area contributed by atoms with Crippen molar-refractivity contribution in [2.24, 2.45) is 0 Å². The Bertz CT molecular complexity index is 1800. The third-order valence-corrected chi connectivity index (χ3v) is 8.51. The molecule has 3 heterocycles. The number of pyridine rings is 1. The number of rotatable bonds is 4. The first-order valence-corrected chi connectivity index (χ1v) is 14.1. The van der Waals surface area contributed by atoms with Crippen LogP contribution in [-0.4, -0.2) is 20.6 Å². The van der Waals surface area contributed by atoms with E-state index in [-0.39, 0.29) is 6.29 Å². The van der Waals surface area contributed by atoms with E-state index in [0.29, 0.717) is 0 Å². The van der Waals surface area contributed by atoms with Crippen LogP contribution < -0.4 is 4.57 Å². The van der Waals surface area contributed by atoms with Crippen LogP contribution in [0.15, 0.2) is 109 Å². The van der Waals surface area contributed by atoms with E-state index in [9.17, 15) is 0 Å². The van der Waals surface area contributed by atoms with Crippen molar-refractivity contribution in [1.82, 2.24) is 0 Å². The molecule has 2 aliphatic rings. The van der Waals surface area contributed by atoms with Crippen molar-refractivity contribution in [3.8, 4) is 22.3 Å². The third-order valence-electron chi connectivity index (χ3n) is 8.51. The van der Waals surface area contributed by atoms with Crippen molar-refractivity contribution in [2.45, 2.75) is 40.9 Å². The van der Waals surface area contributed by atoms with Crippen molar-refractivity contribution in [3.05, 3.63) is 137 Å². The van der Waals surface area contributed by atoms with Crippen LogP contribution in [0.5, 0.6) is 0 Å². The van der Waals surface area contributed by atoms with Gasteiger partial charge >= 0.3 is 6.29 Å². The highest BCUT2D eigenvalue weighted by molar-refractivity contribution is 5.98. The fraction of sp³-hybridized carbons (Fsp3) is 0.162. The predicted molar refractivity (Wildman–Crippen MR) is 163 cm³/mol. The smallest absolute Gasteiger partial charge is 0.0649 e. The molecule has 0 aliphatic carbocycles. The molecule has 4 aromatic carbocycles. The maximum Gasteiger partial charge on any atom is 0.555 e. The minimum atomic E-state index is -0.0429. The van der Waals surface area contributed by atoms with Gasteiger partial charge in [0.2, 0.25) is 11.4 Å². The van der Waals surface area contributed by atoms with Gasteiger partial charge < -0.3 is 0 Å². The molecule has 1 aromatic heterocycles. The average Bonchev–Trinajstić information content (AvgIpc) is 3.42. The standard InChI is InChI=1S/C37H34N3/c1-24-22-25(2)35(26(3)23-24)38-27(4)33-20-13-21-34-28(5)39(37(38)40(33)34)36-31(29-14-8-6-9-15-29)18-12-19-32(36)30-16-10-7-11-17-30/h6-23,37H,1-5H3/q+3. The van der Waals surface area contributed by atoms with Gasteiger partial charge in [-0.15, -0.1) is 0 Å². The second kappa shape index (κ2) is 9.24. The minimum Gasteiger partial charge on any atom is -0.0649 e. The Morgan fingerprint density at radius 3 is 1.43 bits per heavy atom. The minimum absolute atomic E-state index is 0.0429. The predicted octanol–water partition coefficient (Wildman–Crippen LogP) is 8.02. The summed E-state index contributed by atoms with van der Waals surface area (Å²) in [5, 5.41) is 0. The molecule has 0 saturated carbocycles. The number of hydrogen-bond donors (Lipinski definition) is 0. The molecule has 0 radical (unpaired) electrons. The monoisotopic (exact) mass is 520 g/mol. The lowest BCUT2D eigenvalue weighted by atomic mass is 9.95. The molecular weight excluding hydrogens is 486 g/mol. The number of benzene rings is 4. The summed E-state index contributed by atoms with van der Waals surface area (Å²) in [4.78, 5) is 0. The van der Waals surface area contributed by atoms with Gasteiger partial charge in [-0.3, -0.25) is 0 Å². The maximum atomic E-state index is 2.58. The van der Waals surface area contributed by atoms with Crippen LogP contribution in [-0.2, 0) is 0 Å². The fourth-order valence-electron chi connectivity index (χ4n) is 6.92. The van der Waals surface area contributed by atoms with E-state index < -0.39 is 0 Å². The summed E-state index contributed by atoms with van der Waals surface area (Å²) in [7, 11) is 0. The number of para-hydroxylation sites is 1. The normalized spacial score (nSPS) is 15.7. The second-order valence-corrected chi connectivity index (χ2v) is 11.1. The molecule has 0 amide bonds. The van der Waals surface area contributed by atoms with Gasteiger partial charge in [-0.25, -0.2) is 0 Å². The lowest BCUT2D eigenvalue weighted by Crippen LogP contribution is -2.45. The largest absolute Gasteiger partial charge is 0.555 e. The van der Waals surface area contributed by atoms with Crippen molar-refractivity contribution in [1.29, 1.82) is 0 Å². The summed E-state index contributed by atoms with van der Waals surface area (Å²) in [6, 6.07) is 39.7. The number of aryl methyl sites for hydroxylation is 3. The molecule has 0 saturated heterocycles. The summed E-state index contributed by atoms with van der Waals surface area (Å²) in [5.74, 6) is 0. The number of hydrogen-bond acceptors (Lipinski definition) is 0. The highest BCUT2D eigenvalue weighted by Gasteiger charge is 2.62. The van der Waals surface area contributed by atoms with Crippen molar-refractivity contribution < 1.29 is 13.7 Å². The highest BCUT2D eigenvalue weighted by Crippen LogP contribution is 2.44. The molecule has 0 bridgehead atoms. The molecule has 1 atom stereocenters. The Labute approximate surface area is 236 Å². The first-order chi connectivity index (χ1) is 19.5. The fourth-order valence-corrected chi connectivity index (χ4v) is 6.92. The van der Waals surface area contributed by atoms with Gasteiger partial charge in [0.15, 0.2) is 0 Å². The van der Waals surface area contributed by atoms with E-state index >= 15 is 0 Å².